The molecule has 0 aliphatic carbocycles. The first-order valence-corrected chi connectivity index (χ1v) is 8.98. The summed E-state index contributed by atoms with van der Waals surface area (Å²) in [5, 5.41) is 3.34. The van der Waals surface area contributed by atoms with Crippen molar-refractivity contribution in [1.82, 2.24) is 4.31 Å². The van der Waals surface area contributed by atoms with Gasteiger partial charge in [-0.15, -0.1) is 0 Å². The third-order valence-corrected chi connectivity index (χ3v) is 5.77. The molecule has 0 spiro atoms. The molecule has 1 aromatic rings. The number of sulfonamides is 1. The molecule has 1 amide bonds. The SMILES string of the molecule is CCCS(=O)(=O)N1CCC[C@H]1C(=O)Nc1ccc(Cl)cc1. The van der Waals surface area contributed by atoms with E-state index >= 15 is 0 Å². The molecule has 116 valence electrons. The van der Waals surface area contributed by atoms with Crippen LogP contribution in [0.25, 0.3) is 0 Å². The van der Waals surface area contributed by atoms with Crippen molar-refractivity contribution in [3.8, 4) is 0 Å². The van der Waals surface area contributed by atoms with E-state index in [1.165, 1.54) is 4.31 Å². The van der Waals surface area contributed by atoms with Gasteiger partial charge in [0.15, 0.2) is 0 Å². The van der Waals surface area contributed by atoms with Crippen LogP contribution < -0.4 is 5.32 Å². The summed E-state index contributed by atoms with van der Waals surface area (Å²) < 4.78 is 25.7. The number of nitrogens with zero attached hydrogens (tertiary/aromatic N) is 1. The second kappa shape index (κ2) is 6.77. The highest BCUT2D eigenvalue weighted by atomic mass is 35.5. The van der Waals surface area contributed by atoms with Crippen molar-refractivity contribution in [3.05, 3.63) is 29.3 Å². The fourth-order valence-electron chi connectivity index (χ4n) is 2.47. The second-order valence-electron chi connectivity index (χ2n) is 5.08. The van der Waals surface area contributed by atoms with Crippen LogP contribution in [-0.2, 0) is 14.8 Å². The van der Waals surface area contributed by atoms with E-state index < -0.39 is 16.1 Å². The lowest BCUT2D eigenvalue weighted by molar-refractivity contribution is -0.119. The molecule has 0 bridgehead atoms. The van der Waals surface area contributed by atoms with Crippen molar-refractivity contribution in [1.29, 1.82) is 0 Å². The van der Waals surface area contributed by atoms with Gasteiger partial charge in [-0.3, -0.25) is 4.79 Å². The maximum Gasteiger partial charge on any atom is 0.242 e. The van der Waals surface area contributed by atoms with Crippen LogP contribution in [0.1, 0.15) is 26.2 Å². The van der Waals surface area contributed by atoms with Gasteiger partial charge in [0, 0.05) is 17.3 Å². The summed E-state index contributed by atoms with van der Waals surface area (Å²) in [7, 11) is -3.35. The van der Waals surface area contributed by atoms with Gasteiger partial charge in [0.05, 0.1) is 5.75 Å². The minimum absolute atomic E-state index is 0.0811. The molecule has 0 radical (unpaired) electrons. The summed E-state index contributed by atoms with van der Waals surface area (Å²) in [6, 6.07) is 6.13. The maximum absolute atomic E-state index is 12.3. The van der Waals surface area contributed by atoms with Crippen molar-refractivity contribution >= 4 is 33.2 Å². The Labute approximate surface area is 130 Å². The number of rotatable bonds is 5. The molecule has 0 unspecified atom stereocenters. The van der Waals surface area contributed by atoms with Gasteiger partial charge in [-0.1, -0.05) is 18.5 Å². The van der Waals surface area contributed by atoms with E-state index in [9.17, 15) is 13.2 Å². The Balaban J connectivity index is 2.09. The molecular formula is C14H19ClN2O3S. The summed E-state index contributed by atoms with van der Waals surface area (Å²) in [5.74, 6) is -0.202. The summed E-state index contributed by atoms with van der Waals surface area (Å²) in [5.41, 5.74) is 0.615. The Morgan fingerprint density at radius 1 is 1.38 bits per heavy atom. The maximum atomic E-state index is 12.3. The lowest BCUT2D eigenvalue weighted by Crippen LogP contribution is -2.44. The molecule has 1 aromatic carbocycles. The van der Waals surface area contributed by atoms with Crippen molar-refractivity contribution in [2.45, 2.75) is 32.2 Å². The summed E-state index contributed by atoms with van der Waals surface area (Å²) in [6.07, 6.45) is 1.81. The summed E-state index contributed by atoms with van der Waals surface area (Å²) >= 11 is 5.79. The Morgan fingerprint density at radius 2 is 2.05 bits per heavy atom. The zero-order valence-corrected chi connectivity index (χ0v) is 13.5. The Hall–Kier alpha value is -1.11. The van der Waals surface area contributed by atoms with Crippen molar-refractivity contribution in [2.24, 2.45) is 0 Å². The Bertz CT molecular complexity index is 601. The zero-order chi connectivity index (χ0) is 15.5. The van der Waals surface area contributed by atoms with Crippen LogP contribution in [0.2, 0.25) is 5.02 Å². The second-order valence-corrected chi connectivity index (χ2v) is 7.56. The van der Waals surface area contributed by atoms with Crippen LogP contribution in [0.4, 0.5) is 5.69 Å². The van der Waals surface area contributed by atoms with Gasteiger partial charge in [0.2, 0.25) is 15.9 Å². The number of hydrogen-bond acceptors (Lipinski definition) is 3. The predicted octanol–water partition coefficient (Wildman–Crippen LogP) is 2.48. The number of benzene rings is 1. The molecule has 0 aromatic heterocycles. The van der Waals surface area contributed by atoms with E-state index in [4.69, 9.17) is 11.6 Å². The smallest absolute Gasteiger partial charge is 0.242 e. The van der Waals surface area contributed by atoms with Crippen LogP contribution >= 0.6 is 11.6 Å². The molecule has 5 nitrogen and oxygen atoms in total. The topological polar surface area (TPSA) is 66.5 Å². The Morgan fingerprint density at radius 3 is 2.67 bits per heavy atom. The van der Waals surface area contributed by atoms with Gasteiger partial charge in [0.25, 0.3) is 0 Å². The van der Waals surface area contributed by atoms with E-state index in [1.54, 1.807) is 24.3 Å². The number of anilines is 1. The standard InChI is InChI=1S/C14H19ClN2O3S/c1-2-10-21(19,20)17-9-3-4-13(17)14(18)16-12-7-5-11(15)6-8-12/h5-8,13H,2-4,9-10H2,1H3,(H,16,18)/t13-/m0/s1. The molecular weight excluding hydrogens is 312 g/mol. The monoisotopic (exact) mass is 330 g/mol. The number of nitrogens with one attached hydrogen (secondary N) is 1. The zero-order valence-electron chi connectivity index (χ0n) is 11.9. The molecule has 21 heavy (non-hydrogen) atoms. The van der Waals surface area contributed by atoms with E-state index in [2.05, 4.69) is 5.32 Å². The highest BCUT2D eigenvalue weighted by Gasteiger charge is 2.37. The molecule has 7 heteroatoms. The minimum Gasteiger partial charge on any atom is -0.325 e. The molecule has 1 fully saturated rings. The van der Waals surface area contributed by atoms with Crippen LogP contribution in [0, 0.1) is 0 Å². The largest absolute Gasteiger partial charge is 0.325 e. The first kappa shape index (κ1) is 16.3. The van der Waals surface area contributed by atoms with E-state index in [0.29, 0.717) is 36.5 Å². The number of amides is 1. The molecule has 1 N–H and O–H groups in total. The number of carbonyl (C=O) groups is 1. The fourth-order valence-corrected chi connectivity index (χ4v) is 4.34. The van der Waals surface area contributed by atoms with Gasteiger partial charge in [-0.25, -0.2) is 8.42 Å². The highest BCUT2D eigenvalue weighted by Crippen LogP contribution is 2.23. The molecule has 0 saturated carbocycles. The summed E-state index contributed by atoms with van der Waals surface area (Å²) in [4.78, 5) is 12.3. The first-order valence-electron chi connectivity index (χ1n) is 7.00. The lowest BCUT2D eigenvalue weighted by Gasteiger charge is -2.23. The first-order chi connectivity index (χ1) is 9.94. The average Bonchev–Trinajstić information content (AvgIpc) is 2.91. The number of hydrogen-bond donors (Lipinski definition) is 1. The third kappa shape index (κ3) is 3.96. The van der Waals surface area contributed by atoms with Gasteiger partial charge < -0.3 is 5.32 Å². The molecule has 1 aliphatic rings. The normalized spacial score (nSPS) is 19.6. The van der Waals surface area contributed by atoms with Gasteiger partial charge in [-0.05, 0) is 43.5 Å². The van der Waals surface area contributed by atoms with Gasteiger partial charge in [0.1, 0.15) is 6.04 Å². The van der Waals surface area contributed by atoms with Crippen molar-refractivity contribution < 1.29 is 13.2 Å². The lowest BCUT2D eigenvalue weighted by atomic mass is 10.2. The Kier molecular flexibility index (Phi) is 5.24. The number of halogens is 1. The highest BCUT2D eigenvalue weighted by molar-refractivity contribution is 7.89. The predicted molar refractivity (Wildman–Crippen MR) is 83.9 cm³/mol. The van der Waals surface area contributed by atoms with Gasteiger partial charge >= 0.3 is 0 Å². The van der Waals surface area contributed by atoms with Crippen LogP contribution in [0.5, 0.6) is 0 Å². The quantitative estimate of drug-likeness (QED) is 0.902. The van der Waals surface area contributed by atoms with Crippen molar-refractivity contribution in [2.75, 3.05) is 17.6 Å². The molecule has 2 rings (SSSR count). The van der Waals surface area contributed by atoms with E-state index in [0.717, 1.165) is 0 Å². The van der Waals surface area contributed by atoms with E-state index in [-0.39, 0.29) is 11.7 Å². The molecule has 1 aliphatic heterocycles. The average molecular weight is 331 g/mol. The summed E-state index contributed by atoms with van der Waals surface area (Å²) in [6.45, 7) is 2.23. The fraction of sp³-hybridized carbons (Fsp3) is 0.500. The van der Waals surface area contributed by atoms with E-state index in [1.807, 2.05) is 6.92 Å². The van der Waals surface area contributed by atoms with Crippen LogP contribution in [0.15, 0.2) is 24.3 Å². The van der Waals surface area contributed by atoms with Gasteiger partial charge in [-0.2, -0.15) is 4.31 Å². The van der Waals surface area contributed by atoms with Crippen LogP contribution in [-0.4, -0.2) is 37.0 Å². The van der Waals surface area contributed by atoms with Crippen molar-refractivity contribution in [3.63, 3.8) is 0 Å². The molecule has 1 saturated heterocycles. The molecule has 1 atom stereocenters. The molecule has 1 heterocycles. The number of carbonyl (C=O) groups excluding carboxylic acids is 1. The third-order valence-electron chi connectivity index (χ3n) is 3.44. The van der Waals surface area contributed by atoms with Crippen LogP contribution in [0.3, 0.4) is 0 Å². The minimum atomic E-state index is -3.35.